The molecule has 88 valence electrons. The Bertz CT molecular complexity index is 231. The molecule has 5 heteroatoms. The van der Waals surface area contributed by atoms with Crippen LogP contribution >= 0.6 is 23.2 Å². The number of halogens is 2. The SMILES string of the molecule is CC1CCOC1C(=O)NC(C)(CCl)CCl. The van der Waals surface area contributed by atoms with Gasteiger partial charge in [0.2, 0.25) is 5.91 Å². The van der Waals surface area contributed by atoms with Crippen molar-refractivity contribution >= 4 is 29.1 Å². The Morgan fingerprint density at radius 2 is 2.13 bits per heavy atom. The summed E-state index contributed by atoms with van der Waals surface area (Å²) < 4.78 is 5.36. The maximum Gasteiger partial charge on any atom is 0.249 e. The van der Waals surface area contributed by atoms with E-state index in [0.29, 0.717) is 18.4 Å². The number of carbonyl (C=O) groups is 1. The smallest absolute Gasteiger partial charge is 0.249 e. The third-order valence-electron chi connectivity index (χ3n) is 2.66. The summed E-state index contributed by atoms with van der Waals surface area (Å²) in [6.45, 7) is 4.48. The summed E-state index contributed by atoms with van der Waals surface area (Å²) in [4.78, 5) is 11.8. The van der Waals surface area contributed by atoms with Crippen molar-refractivity contribution < 1.29 is 9.53 Å². The zero-order chi connectivity index (χ0) is 11.5. The maximum absolute atomic E-state index is 11.8. The summed E-state index contributed by atoms with van der Waals surface area (Å²) in [5.41, 5.74) is -0.550. The Labute approximate surface area is 100 Å². The first kappa shape index (κ1) is 13.1. The van der Waals surface area contributed by atoms with Crippen LogP contribution in [0.5, 0.6) is 0 Å². The first-order chi connectivity index (χ1) is 7.02. The molecule has 1 aliphatic rings. The van der Waals surface area contributed by atoms with Gasteiger partial charge in [-0.1, -0.05) is 6.92 Å². The fraction of sp³-hybridized carbons (Fsp3) is 0.900. The van der Waals surface area contributed by atoms with Gasteiger partial charge in [-0.15, -0.1) is 23.2 Å². The van der Waals surface area contributed by atoms with E-state index < -0.39 is 5.54 Å². The molecule has 0 saturated carbocycles. The van der Waals surface area contributed by atoms with E-state index in [1.54, 1.807) is 0 Å². The van der Waals surface area contributed by atoms with E-state index in [1.807, 2.05) is 13.8 Å². The van der Waals surface area contributed by atoms with Crippen molar-refractivity contribution in [3.05, 3.63) is 0 Å². The van der Waals surface area contributed by atoms with Gasteiger partial charge >= 0.3 is 0 Å². The molecular formula is C10H17Cl2NO2. The van der Waals surface area contributed by atoms with Gasteiger partial charge in [-0.2, -0.15) is 0 Å². The Kier molecular flexibility index (Phi) is 4.68. The van der Waals surface area contributed by atoms with Crippen LogP contribution in [-0.4, -0.2) is 35.9 Å². The normalized spacial score (nSPS) is 26.7. The molecule has 1 heterocycles. The molecule has 3 nitrogen and oxygen atoms in total. The molecule has 0 aliphatic carbocycles. The van der Waals surface area contributed by atoms with Crippen LogP contribution in [0.2, 0.25) is 0 Å². The monoisotopic (exact) mass is 253 g/mol. The molecule has 1 amide bonds. The van der Waals surface area contributed by atoms with Crippen molar-refractivity contribution in [2.75, 3.05) is 18.4 Å². The average molecular weight is 254 g/mol. The molecule has 0 aromatic rings. The molecule has 1 rings (SSSR count). The lowest BCUT2D eigenvalue weighted by molar-refractivity contribution is -0.132. The second-order valence-corrected chi connectivity index (χ2v) is 4.91. The minimum absolute atomic E-state index is 0.108. The Balaban J connectivity index is 2.54. The van der Waals surface area contributed by atoms with E-state index >= 15 is 0 Å². The highest BCUT2D eigenvalue weighted by Crippen LogP contribution is 2.21. The van der Waals surface area contributed by atoms with Gasteiger partial charge in [-0.25, -0.2) is 0 Å². The van der Waals surface area contributed by atoms with Crippen molar-refractivity contribution in [3.8, 4) is 0 Å². The van der Waals surface area contributed by atoms with Crippen molar-refractivity contribution in [2.24, 2.45) is 5.92 Å². The molecule has 0 aromatic heterocycles. The zero-order valence-electron chi connectivity index (χ0n) is 9.06. The number of alkyl halides is 2. The molecule has 2 atom stereocenters. The van der Waals surface area contributed by atoms with Gasteiger partial charge in [0.25, 0.3) is 0 Å². The molecule has 1 saturated heterocycles. The number of hydrogen-bond donors (Lipinski definition) is 1. The summed E-state index contributed by atoms with van der Waals surface area (Å²) in [5.74, 6) is 0.746. The van der Waals surface area contributed by atoms with Gasteiger partial charge in [0.05, 0.1) is 5.54 Å². The zero-order valence-corrected chi connectivity index (χ0v) is 10.6. The highest BCUT2D eigenvalue weighted by Gasteiger charge is 2.34. The molecule has 0 spiro atoms. The largest absolute Gasteiger partial charge is 0.368 e. The van der Waals surface area contributed by atoms with E-state index in [-0.39, 0.29) is 17.9 Å². The first-order valence-corrected chi connectivity index (χ1v) is 6.15. The summed E-state index contributed by atoms with van der Waals surface area (Å²) >= 11 is 11.5. The molecule has 0 radical (unpaired) electrons. The van der Waals surface area contributed by atoms with Crippen LogP contribution in [0.4, 0.5) is 0 Å². The second-order valence-electron chi connectivity index (χ2n) is 4.37. The van der Waals surface area contributed by atoms with Crippen LogP contribution in [0.25, 0.3) is 0 Å². The second kappa shape index (κ2) is 5.37. The lowest BCUT2D eigenvalue weighted by Gasteiger charge is -2.28. The van der Waals surface area contributed by atoms with Crippen molar-refractivity contribution in [2.45, 2.75) is 31.9 Å². The predicted molar refractivity (Wildman–Crippen MR) is 61.5 cm³/mol. The molecule has 15 heavy (non-hydrogen) atoms. The predicted octanol–water partition coefficient (Wildman–Crippen LogP) is 1.76. The third kappa shape index (κ3) is 3.23. The first-order valence-electron chi connectivity index (χ1n) is 5.08. The van der Waals surface area contributed by atoms with Gasteiger partial charge in [0, 0.05) is 18.4 Å². The molecule has 1 aliphatic heterocycles. The number of amides is 1. The van der Waals surface area contributed by atoms with E-state index in [4.69, 9.17) is 27.9 Å². The highest BCUT2D eigenvalue weighted by atomic mass is 35.5. The van der Waals surface area contributed by atoms with Crippen molar-refractivity contribution in [3.63, 3.8) is 0 Å². The number of rotatable bonds is 4. The highest BCUT2D eigenvalue weighted by molar-refractivity contribution is 6.22. The van der Waals surface area contributed by atoms with E-state index in [0.717, 1.165) is 6.42 Å². The summed E-state index contributed by atoms with van der Waals surface area (Å²) in [5, 5.41) is 2.84. The van der Waals surface area contributed by atoms with Gasteiger partial charge in [-0.3, -0.25) is 4.79 Å². The van der Waals surface area contributed by atoms with Gasteiger partial charge in [0.15, 0.2) is 0 Å². The topological polar surface area (TPSA) is 38.3 Å². The number of ether oxygens (including phenoxy) is 1. The number of hydrogen-bond acceptors (Lipinski definition) is 2. The molecule has 1 N–H and O–H groups in total. The molecular weight excluding hydrogens is 237 g/mol. The fourth-order valence-electron chi connectivity index (χ4n) is 1.50. The Morgan fingerprint density at radius 3 is 2.53 bits per heavy atom. The van der Waals surface area contributed by atoms with Gasteiger partial charge in [0.1, 0.15) is 6.10 Å². The van der Waals surface area contributed by atoms with Crippen LogP contribution in [0, 0.1) is 5.92 Å². The van der Waals surface area contributed by atoms with Crippen LogP contribution in [-0.2, 0) is 9.53 Å². The minimum atomic E-state index is -0.550. The summed E-state index contributed by atoms with van der Waals surface area (Å²) in [6.07, 6.45) is 0.576. The third-order valence-corrected chi connectivity index (χ3v) is 3.84. The minimum Gasteiger partial charge on any atom is -0.368 e. The molecule has 0 bridgehead atoms. The quantitative estimate of drug-likeness (QED) is 0.776. The van der Waals surface area contributed by atoms with E-state index in [9.17, 15) is 4.79 Å². The Morgan fingerprint density at radius 1 is 1.53 bits per heavy atom. The van der Waals surface area contributed by atoms with E-state index in [1.165, 1.54) is 0 Å². The summed E-state index contributed by atoms with van der Waals surface area (Å²) in [6, 6.07) is 0. The maximum atomic E-state index is 11.8. The van der Waals surface area contributed by atoms with Crippen LogP contribution in [0.3, 0.4) is 0 Å². The summed E-state index contributed by atoms with van der Waals surface area (Å²) in [7, 11) is 0. The van der Waals surface area contributed by atoms with Crippen LogP contribution < -0.4 is 5.32 Å². The van der Waals surface area contributed by atoms with Gasteiger partial charge in [-0.05, 0) is 19.3 Å². The van der Waals surface area contributed by atoms with Crippen LogP contribution in [0.15, 0.2) is 0 Å². The fourth-order valence-corrected chi connectivity index (χ4v) is 1.92. The molecule has 0 aromatic carbocycles. The standard InChI is InChI=1S/C10H17Cl2NO2/c1-7-3-4-15-8(7)9(14)13-10(2,5-11)6-12/h7-8H,3-6H2,1-2H3,(H,13,14). The van der Waals surface area contributed by atoms with Crippen molar-refractivity contribution in [1.29, 1.82) is 0 Å². The number of carbonyl (C=O) groups excluding carboxylic acids is 1. The Hall–Kier alpha value is 0.01000. The molecule has 2 unspecified atom stereocenters. The average Bonchev–Trinajstić information content (AvgIpc) is 2.64. The van der Waals surface area contributed by atoms with Crippen LogP contribution in [0.1, 0.15) is 20.3 Å². The van der Waals surface area contributed by atoms with Crippen molar-refractivity contribution in [1.82, 2.24) is 5.32 Å². The number of nitrogens with one attached hydrogen (secondary N) is 1. The van der Waals surface area contributed by atoms with E-state index in [2.05, 4.69) is 5.32 Å². The van der Waals surface area contributed by atoms with Gasteiger partial charge < -0.3 is 10.1 Å². The molecule has 1 fully saturated rings. The lowest BCUT2D eigenvalue weighted by atomic mass is 10.0. The lowest BCUT2D eigenvalue weighted by Crippen LogP contribution is -2.53.